The van der Waals surface area contributed by atoms with Gasteiger partial charge in [-0.25, -0.2) is 0 Å². The van der Waals surface area contributed by atoms with E-state index in [1.165, 1.54) is 0 Å². The van der Waals surface area contributed by atoms with Crippen molar-refractivity contribution in [3.05, 3.63) is 28.8 Å². The molecule has 0 amide bonds. The summed E-state index contributed by atoms with van der Waals surface area (Å²) in [5.41, 5.74) is 2.60. The average molecular weight is 289 g/mol. The summed E-state index contributed by atoms with van der Waals surface area (Å²) in [6.07, 6.45) is -1.67. The van der Waals surface area contributed by atoms with Crippen LogP contribution in [0.4, 0.5) is 0 Å². The van der Waals surface area contributed by atoms with E-state index in [-0.39, 0.29) is 0 Å². The predicted molar refractivity (Wildman–Crippen MR) is 67.2 cm³/mol. The van der Waals surface area contributed by atoms with Crippen molar-refractivity contribution < 1.29 is 14.9 Å². The Balaban J connectivity index is 3.10. The van der Waals surface area contributed by atoms with Crippen LogP contribution in [0.1, 0.15) is 22.8 Å². The minimum Gasteiger partial charge on any atom is -0.496 e. The first-order chi connectivity index (χ1) is 7.51. The third kappa shape index (κ3) is 2.75. The van der Waals surface area contributed by atoms with Crippen molar-refractivity contribution in [2.24, 2.45) is 0 Å². The van der Waals surface area contributed by atoms with Crippen LogP contribution in [0.3, 0.4) is 0 Å². The van der Waals surface area contributed by atoms with Crippen LogP contribution in [0.2, 0.25) is 0 Å². The molecule has 0 fully saturated rings. The van der Waals surface area contributed by atoms with E-state index in [1.807, 2.05) is 26.0 Å². The van der Waals surface area contributed by atoms with Gasteiger partial charge in [0.1, 0.15) is 11.9 Å². The predicted octanol–water partition coefficient (Wildman–Crippen LogP) is 2.10. The number of methoxy groups -OCH3 is 1. The van der Waals surface area contributed by atoms with Crippen LogP contribution in [0.25, 0.3) is 0 Å². The van der Waals surface area contributed by atoms with Crippen molar-refractivity contribution in [3.63, 3.8) is 0 Å². The summed E-state index contributed by atoms with van der Waals surface area (Å²) >= 11 is 3.15. The number of aliphatic hydroxyl groups excluding tert-OH is 2. The molecule has 0 aliphatic heterocycles. The number of ether oxygens (including phenoxy) is 1. The lowest BCUT2D eigenvalue weighted by molar-refractivity contribution is 0.0338. The van der Waals surface area contributed by atoms with Gasteiger partial charge in [-0.05, 0) is 42.7 Å². The Morgan fingerprint density at radius 2 is 1.88 bits per heavy atom. The quantitative estimate of drug-likeness (QED) is 0.835. The second kappa shape index (κ2) is 5.66. The topological polar surface area (TPSA) is 49.7 Å². The van der Waals surface area contributed by atoms with Crippen molar-refractivity contribution in [3.8, 4) is 5.75 Å². The summed E-state index contributed by atoms with van der Waals surface area (Å²) in [5, 5.41) is 19.9. The number of halogens is 1. The zero-order valence-electron chi connectivity index (χ0n) is 9.70. The molecule has 16 heavy (non-hydrogen) atoms. The molecule has 0 aromatic heterocycles. The number of alkyl halides is 1. The van der Waals surface area contributed by atoms with Crippen LogP contribution in [0.15, 0.2) is 12.1 Å². The van der Waals surface area contributed by atoms with Crippen molar-refractivity contribution in [1.29, 1.82) is 0 Å². The van der Waals surface area contributed by atoms with Crippen LogP contribution in [0, 0.1) is 13.8 Å². The van der Waals surface area contributed by atoms with E-state index in [4.69, 9.17) is 4.74 Å². The van der Waals surface area contributed by atoms with Gasteiger partial charge in [0.25, 0.3) is 0 Å². The van der Waals surface area contributed by atoms with Crippen molar-refractivity contribution in [2.75, 3.05) is 12.4 Å². The van der Waals surface area contributed by atoms with Crippen molar-refractivity contribution >= 4 is 15.9 Å². The first-order valence-electron chi connectivity index (χ1n) is 5.08. The fraction of sp³-hybridized carbons (Fsp3) is 0.500. The molecule has 1 aromatic rings. The van der Waals surface area contributed by atoms with Gasteiger partial charge in [-0.15, -0.1) is 0 Å². The van der Waals surface area contributed by atoms with Gasteiger partial charge < -0.3 is 14.9 Å². The Morgan fingerprint density at radius 1 is 1.25 bits per heavy atom. The second-order valence-electron chi connectivity index (χ2n) is 3.84. The highest BCUT2D eigenvalue weighted by molar-refractivity contribution is 9.09. The molecule has 3 nitrogen and oxygen atoms in total. The van der Waals surface area contributed by atoms with Crippen LogP contribution in [-0.2, 0) is 0 Å². The highest BCUT2D eigenvalue weighted by atomic mass is 79.9. The van der Waals surface area contributed by atoms with Crippen LogP contribution >= 0.6 is 15.9 Å². The fourth-order valence-corrected chi connectivity index (χ4v) is 2.00. The molecule has 0 heterocycles. The number of rotatable bonds is 4. The molecule has 0 saturated heterocycles. The van der Waals surface area contributed by atoms with Gasteiger partial charge in [-0.1, -0.05) is 15.9 Å². The lowest BCUT2D eigenvalue weighted by Gasteiger charge is -2.19. The first-order valence-corrected chi connectivity index (χ1v) is 6.20. The summed E-state index contributed by atoms with van der Waals surface area (Å²) in [5.74, 6) is 0.793. The standard InChI is InChI=1S/C12H17BrO3/c1-7-5-11(16-3)8(2)4-9(7)12(15)10(14)6-13/h4-5,10,12,14-15H,6H2,1-3H3. The monoisotopic (exact) mass is 288 g/mol. The highest BCUT2D eigenvalue weighted by Gasteiger charge is 2.20. The minimum atomic E-state index is -0.871. The molecule has 2 N–H and O–H groups in total. The number of hydrogen-bond acceptors (Lipinski definition) is 3. The highest BCUT2D eigenvalue weighted by Crippen LogP contribution is 2.28. The van der Waals surface area contributed by atoms with Crippen molar-refractivity contribution in [2.45, 2.75) is 26.1 Å². The lowest BCUT2D eigenvalue weighted by Crippen LogP contribution is -2.20. The van der Waals surface area contributed by atoms with Crippen LogP contribution in [-0.4, -0.2) is 28.8 Å². The second-order valence-corrected chi connectivity index (χ2v) is 4.49. The lowest BCUT2D eigenvalue weighted by atomic mass is 9.97. The van der Waals surface area contributed by atoms with E-state index < -0.39 is 12.2 Å². The van der Waals surface area contributed by atoms with E-state index in [2.05, 4.69) is 15.9 Å². The maximum Gasteiger partial charge on any atom is 0.122 e. The third-order valence-corrected chi connectivity index (χ3v) is 3.29. The smallest absolute Gasteiger partial charge is 0.122 e. The van der Waals surface area contributed by atoms with E-state index in [0.29, 0.717) is 5.33 Å². The molecule has 90 valence electrons. The van der Waals surface area contributed by atoms with Gasteiger partial charge in [0.05, 0.1) is 13.2 Å². The largest absolute Gasteiger partial charge is 0.496 e. The number of aliphatic hydroxyl groups is 2. The zero-order chi connectivity index (χ0) is 12.3. The number of hydrogen-bond donors (Lipinski definition) is 2. The zero-order valence-corrected chi connectivity index (χ0v) is 11.3. The summed E-state index contributed by atoms with van der Waals surface area (Å²) in [6.45, 7) is 3.80. The van der Waals surface area contributed by atoms with Gasteiger partial charge in [-0.3, -0.25) is 0 Å². The Bertz CT molecular complexity index is 366. The molecule has 2 atom stereocenters. The third-order valence-electron chi connectivity index (χ3n) is 2.62. The molecule has 0 saturated carbocycles. The maximum absolute atomic E-state index is 9.94. The Hall–Kier alpha value is -0.580. The van der Waals surface area contributed by atoms with Gasteiger partial charge in [0.2, 0.25) is 0 Å². The van der Waals surface area contributed by atoms with Gasteiger partial charge in [-0.2, -0.15) is 0 Å². The van der Waals surface area contributed by atoms with E-state index in [9.17, 15) is 10.2 Å². The molecule has 0 radical (unpaired) electrons. The van der Waals surface area contributed by atoms with Crippen LogP contribution in [0.5, 0.6) is 5.75 Å². The van der Waals surface area contributed by atoms with Gasteiger partial charge >= 0.3 is 0 Å². The molecule has 0 spiro atoms. The summed E-state index contributed by atoms with van der Waals surface area (Å²) in [4.78, 5) is 0. The van der Waals surface area contributed by atoms with Crippen molar-refractivity contribution in [1.82, 2.24) is 0 Å². The summed E-state index contributed by atoms with van der Waals surface area (Å²) in [6, 6.07) is 3.72. The SMILES string of the molecule is COc1cc(C)c(C(O)C(O)CBr)cc1C. The molecule has 0 aliphatic carbocycles. The summed E-state index contributed by atoms with van der Waals surface area (Å²) in [7, 11) is 1.62. The molecule has 0 bridgehead atoms. The average Bonchev–Trinajstić information content (AvgIpc) is 2.29. The van der Waals surface area contributed by atoms with E-state index in [0.717, 1.165) is 22.4 Å². The van der Waals surface area contributed by atoms with Gasteiger partial charge in [0, 0.05) is 5.33 Å². The molecule has 0 aliphatic rings. The van der Waals surface area contributed by atoms with Gasteiger partial charge in [0.15, 0.2) is 0 Å². The number of aryl methyl sites for hydroxylation is 2. The molecule has 2 unspecified atom stereocenters. The Morgan fingerprint density at radius 3 is 2.38 bits per heavy atom. The normalized spacial score (nSPS) is 14.6. The van der Waals surface area contributed by atoms with E-state index >= 15 is 0 Å². The van der Waals surface area contributed by atoms with Crippen LogP contribution < -0.4 is 4.74 Å². The number of benzene rings is 1. The molecule has 1 rings (SSSR count). The Labute approximate surface area is 104 Å². The maximum atomic E-state index is 9.94. The molecular weight excluding hydrogens is 272 g/mol. The first kappa shape index (κ1) is 13.5. The minimum absolute atomic E-state index is 0.346. The van der Waals surface area contributed by atoms with E-state index in [1.54, 1.807) is 7.11 Å². The molecule has 4 heteroatoms. The fourth-order valence-electron chi connectivity index (χ4n) is 1.64. The Kier molecular flexibility index (Phi) is 4.77. The molecular formula is C12H17BrO3. The summed E-state index contributed by atoms with van der Waals surface area (Å²) < 4.78 is 5.19. The molecule has 1 aromatic carbocycles.